The Morgan fingerprint density at radius 2 is 1.75 bits per heavy atom. The van der Waals surface area contributed by atoms with E-state index in [9.17, 15) is 5.11 Å². The van der Waals surface area contributed by atoms with Gasteiger partial charge in [-0.3, -0.25) is 0 Å². The third-order valence-corrected chi connectivity index (χ3v) is 3.68. The van der Waals surface area contributed by atoms with Gasteiger partial charge in [0.1, 0.15) is 0 Å². The zero-order chi connectivity index (χ0) is 13.8. The van der Waals surface area contributed by atoms with Crippen LogP contribution < -0.4 is 4.90 Å². The van der Waals surface area contributed by atoms with Gasteiger partial charge in [-0.25, -0.2) is 0 Å². The Morgan fingerprint density at radius 1 is 1.00 bits per heavy atom. The number of morpholine rings is 1. The van der Waals surface area contributed by atoms with E-state index in [-0.39, 0.29) is 6.61 Å². The zero-order valence-electron chi connectivity index (χ0n) is 11.5. The smallest absolute Gasteiger partial charge is 0.0682 e. The summed E-state index contributed by atoms with van der Waals surface area (Å²) in [5, 5.41) is 9.38. The number of rotatable bonds is 3. The second-order valence-corrected chi connectivity index (χ2v) is 4.98. The van der Waals surface area contributed by atoms with Crippen molar-refractivity contribution in [2.45, 2.75) is 6.61 Å². The van der Waals surface area contributed by atoms with Gasteiger partial charge in [-0.1, -0.05) is 42.5 Å². The molecule has 1 saturated heterocycles. The zero-order valence-corrected chi connectivity index (χ0v) is 11.5. The van der Waals surface area contributed by atoms with Crippen LogP contribution in [0, 0.1) is 0 Å². The molecule has 0 spiro atoms. The molecule has 0 amide bonds. The fourth-order valence-corrected chi connectivity index (χ4v) is 2.60. The molecule has 0 aliphatic carbocycles. The molecule has 0 radical (unpaired) electrons. The summed E-state index contributed by atoms with van der Waals surface area (Å²) in [5.74, 6) is 0. The fourth-order valence-electron chi connectivity index (χ4n) is 2.60. The van der Waals surface area contributed by atoms with Crippen LogP contribution in [0.15, 0.2) is 48.5 Å². The molecule has 1 N–H and O–H groups in total. The van der Waals surface area contributed by atoms with Crippen molar-refractivity contribution in [3.05, 3.63) is 54.1 Å². The molecule has 3 nitrogen and oxygen atoms in total. The molecule has 20 heavy (non-hydrogen) atoms. The summed E-state index contributed by atoms with van der Waals surface area (Å²) in [6.45, 7) is 3.39. The first kappa shape index (κ1) is 13.2. The van der Waals surface area contributed by atoms with Gasteiger partial charge in [-0.05, 0) is 17.2 Å². The van der Waals surface area contributed by atoms with Gasteiger partial charge in [-0.2, -0.15) is 0 Å². The van der Waals surface area contributed by atoms with Crippen molar-refractivity contribution >= 4 is 5.69 Å². The van der Waals surface area contributed by atoms with Gasteiger partial charge in [0.15, 0.2) is 0 Å². The lowest BCUT2D eigenvalue weighted by molar-refractivity contribution is 0.122. The van der Waals surface area contributed by atoms with Gasteiger partial charge in [0.05, 0.1) is 19.8 Å². The number of nitrogens with zero attached hydrogens (tertiary/aromatic N) is 1. The summed E-state index contributed by atoms with van der Waals surface area (Å²) in [5.41, 5.74) is 4.56. The van der Waals surface area contributed by atoms with Crippen molar-refractivity contribution in [3.8, 4) is 11.1 Å². The third-order valence-electron chi connectivity index (χ3n) is 3.68. The normalized spacial score (nSPS) is 15.3. The van der Waals surface area contributed by atoms with E-state index in [0.29, 0.717) is 0 Å². The van der Waals surface area contributed by atoms with E-state index in [2.05, 4.69) is 41.3 Å². The molecule has 1 fully saturated rings. The average molecular weight is 269 g/mol. The summed E-state index contributed by atoms with van der Waals surface area (Å²) < 4.78 is 5.43. The van der Waals surface area contributed by atoms with Crippen LogP contribution in [0.25, 0.3) is 11.1 Å². The molecule has 3 rings (SSSR count). The van der Waals surface area contributed by atoms with Gasteiger partial charge in [-0.15, -0.1) is 0 Å². The first-order valence-corrected chi connectivity index (χ1v) is 7.00. The number of anilines is 1. The molecule has 0 unspecified atom stereocenters. The highest BCUT2D eigenvalue weighted by atomic mass is 16.5. The number of benzene rings is 2. The van der Waals surface area contributed by atoms with Gasteiger partial charge in [0.2, 0.25) is 0 Å². The second kappa shape index (κ2) is 6.07. The van der Waals surface area contributed by atoms with Crippen molar-refractivity contribution in [1.82, 2.24) is 0 Å². The minimum Gasteiger partial charge on any atom is -0.392 e. The molecular formula is C17H19NO2. The molecule has 2 aromatic rings. The number of hydrogen-bond donors (Lipinski definition) is 1. The SMILES string of the molecule is OCc1ccc(-c2ccccc2)c(N2CCOCC2)c1. The van der Waals surface area contributed by atoms with Crippen molar-refractivity contribution in [3.63, 3.8) is 0 Å². The Hall–Kier alpha value is -1.84. The number of hydrogen-bond acceptors (Lipinski definition) is 3. The maximum Gasteiger partial charge on any atom is 0.0682 e. The van der Waals surface area contributed by atoms with Gasteiger partial charge >= 0.3 is 0 Å². The number of aliphatic hydroxyl groups excluding tert-OH is 1. The first-order chi connectivity index (χ1) is 9.88. The first-order valence-electron chi connectivity index (χ1n) is 7.00. The van der Waals surface area contributed by atoms with E-state index in [0.717, 1.165) is 31.9 Å². The van der Waals surface area contributed by atoms with Crippen LogP contribution >= 0.6 is 0 Å². The standard InChI is InChI=1S/C17H19NO2/c19-13-14-6-7-16(15-4-2-1-3-5-15)17(12-14)18-8-10-20-11-9-18/h1-7,12,19H,8-11,13H2. The van der Waals surface area contributed by atoms with Crippen LogP contribution in [0.2, 0.25) is 0 Å². The van der Waals surface area contributed by atoms with Crippen LogP contribution in [0.1, 0.15) is 5.56 Å². The summed E-state index contributed by atoms with van der Waals surface area (Å²) in [4.78, 5) is 2.34. The van der Waals surface area contributed by atoms with Crippen LogP contribution in [-0.2, 0) is 11.3 Å². The van der Waals surface area contributed by atoms with Crippen molar-refractivity contribution in [2.75, 3.05) is 31.2 Å². The van der Waals surface area contributed by atoms with E-state index in [4.69, 9.17) is 4.74 Å². The van der Waals surface area contributed by atoms with E-state index in [1.54, 1.807) is 0 Å². The summed E-state index contributed by atoms with van der Waals surface area (Å²) in [6, 6.07) is 16.6. The maximum atomic E-state index is 9.38. The Labute approximate surface area is 119 Å². The molecule has 1 heterocycles. The average Bonchev–Trinajstić information content (AvgIpc) is 2.56. The predicted molar refractivity (Wildman–Crippen MR) is 80.8 cm³/mol. The molecule has 1 aliphatic rings. The van der Waals surface area contributed by atoms with Gasteiger partial charge in [0.25, 0.3) is 0 Å². The molecule has 0 atom stereocenters. The molecular weight excluding hydrogens is 250 g/mol. The van der Waals surface area contributed by atoms with Crippen molar-refractivity contribution < 1.29 is 9.84 Å². The monoisotopic (exact) mass is 269 g/mol. The van der Waals surface area contributed by atoms with Gasteiger partial charge in [0, 0.05) is 24.3 Å². The van der Waals surface area contributed by atoms with Crippen LogP contribution in [0.5, 0.6) is 0 Å². The molecule has 1 aliphatic heterocycles. The largest absolute Gasteiger partial charge is 0.392 e. The van der Waals surface area contributed by atoms with Gasteiger partial charge < -0.3 is 14.7 Å². The number of ether oxygens (including phenoxy) is 1. The molecule has 0 aromatic heterocycles. The molecule has 3 heteroatoms. The van der Waals surface area contributed by atoms with E-state index in [1.807, 2.05) is 12.1 Å². The lowest BCUT2D eigenvalue weighted by atomic mass is 10.0. The minimum atomic E-state index is 0.0758. The Balaban J connectivity index is 2.04. The van der Waals surface area contributed by atoms with E-state index >= 15 is 0 Å². The predicted octanol–water partition coefficient (Wildman–Crippen LogP) is 2.68. The summed E-state index contributed by atoms with van der Waals surface area (Å²) in [6.07, 6.45) is 0. The molecule has 2 aromatic carbocycles. The second-order valence-electron chi connectivity index (χ2n) is 4.98. The van der Waals surface area contributed by atoms with Crippen LogP contribution in [0.3, 0.4) is 0 Å². The maximum absolute atomic E-state index is 9.38. The Kier molecular flexibility index (Phi) is 4.00. The van der Waals surface area contributed by atoms with Crippen molar-refractivity contribution in [2.24, 2.45) is 0 Å². The van der Waals surface area contributed by atoms with Crippen LogP contribution in [0.4, 0.5) is 5.69 Å². The Bertz CT molecular complexity index is 562. The lowest BCUT2D eigenvalue weighted by Crippen LogP contribution is -2.36. The van der Waals surface area contributed by atoms with E-state index in [1.165, 1.54) is 16.8 Å². The molecule has 0 bridgehead atoms. The lowest BCUT2D eigenvalue weighted by Gasteiger charge is -2.31. The number of aliphatic hydroxyl groups is 1. The summed E-state index contributed by atoms with van der Waals surface area (Å²) >= 11 is 0. The topological polar surface area (TPSA) is 32.7 Å². The molecule has 104 valence electrons. The molecule has 0 saturated carbocycles. The summed E-state index contributed by atoms with van der Waals surface area (Å²) in [7, 11) is 0. The highest BCUT2D eigenvalue weighted by Gasteiger charge is 2.16. The highest BCUT2D eigenvalue weighted by Crippen LogP contribution is 2.32. The highest BCUT2D eigenvalue weighted by molar-refractivity contribution is 5.79. The quantitative estimate of drug-likeness (QED) is 0.930. The van der Waals surface area contributed by atoms with Crippen LogP contribution in [-0.4, -0.2) is 31.4 Å². The Morgan fingerprint density at radius 3 is 2.45 bits per heavy atom. The van der Waals surface area contributed by atoms with Crippen molar-refractivity contribution in [1.29, 1.82) is 0 Å². The third kappa shape index (κ3) is 2.69. The minimum absolute atomic E-state index is 0.0758. The fraction of sp³-hybridized carbons (Fsp3) is 0.294. The van der Waals surface area contributed by atoms with E-state index < -0.39 is 0 Å².